The van der Waals surface area contributed by atoms with Crippen molar-refractivity contribution in [2.45, 2.75) is 26.4 Å². The van der Waals surface area contributed by atoms with Crippen LogP contribution in [0.3, 0.4) is 0 Å². The SMILES string of the molecule is Cc1nc2c(c(N3CCC3)n1)CN(C(=O)n1ccnc1)C2. The molecule has 0 bridgehead atoms. The lowest BCUT2D eigenvalue weighted by molar-refractivity contribution is 0.200. The van der Waals surface area contributed by atoms with Crippen LogP contribution in [0.1, 0.15) is 23.5 Å². The number of hydrogen-bond donors (Lipinski definition) is 0. The average Bonchev–Trinajstić information content (AvgIpc) is 3.04. The van der Waals surface area contributed by atoms with Crippen molar-refractivity contribution in [2.24, 2.45) is 0 Å². The number of carbonyl (C=O) groups excluding carboxylic acids is 1. The van der Waals surface area contributed by atoms with Crippen molar-refractivity contribution in [3.63, 3.8) is 0 Å². The maximum Gasteiger partial charge on any atom is 0.330 e. The van der Waals surface area contributed by atoms with Crippen molar-refractivity contribution < 1.29 is 4.79 Å². The van der Waals surface area contributed by atoms with E-state index in [1.165, 1.54) is 17.3 Å². The Hall–Kier alpha value is -2.44. The molecule has 1 fully saturated rings. The van der Waals surface area contributed by atoms with Crippen LogP contribution in [0.5, 0.6) is 0 Å². The zero-order valence-corrected chi connectivity index (χ0v) is 11.9. The molecule has 1 amide bonds. The highest BCUT2D eigenvalue weighted by atomic mass is 16.2. The Kier molecular flexibility index (Phi) is 2.66. The zero-order valence-electron chi connectivity index (χ0n) is 11.9. The van der Waals surface area contributed by atoms with Crippen LogP contribution in [0.4, 0.5) is 10.6 Å². The van der Waals surface area contributed by atoms with Crippen LogP contribution in [0.25, 0.3) is 0 Å². The predicted molar refractivity (Wildman–Crippen MR) is 75.9 cm³/mol. The van der Waals surface area contributed by atoms with Crippen molar-refractivity contribution in [1.82, 2.24) is 24.4 Å². The van der Waals surface area contributed by atoms with Crippen molar-refractivity contribution in [1.29, 1.82) is 0 Å². The van der Waals surface area contributed by atoms with Gasteiger partial charge in [0, 0.05) is 31.0 Å². The van der Waals surface area contributed by atoms with Crippen molar-refractivity contribution in [3.8, 4) is 0 Å². The highest BCUT2D eigenvalue weighted by molar-refractivity contribution is 5.77. The second-order valence-corrected chi connectivity index (χ2v) is 5.47. The number of anilines is 1. The number of rotatable bonds is 1. The number of aryl methyl sites for hydroxylation is 1. The fraction of sp³-hybridized carbons (Fsp3) is 0.429. The first kappa shape index (κ1) is 12.3. The Balaban J connectivity index is 1.65. The average molecular weight is 284 g/mol. The molecule has 0 spiro atoms. The van der Waals surface area contributed by atoms with Crippen molar-refractivity contribution in [2.75, 3.05) is 18.0 Å². The minimum absolute atomic E-state index is 0.0716. The first-order valence-electron chi connectivity index (χ1n) is 7.11. The van der Waals surface area contributed by atoms with E-state index in [1.807, 2.05) is 6.92 Å². The van der Waals surface area contributed by atoms with Crippen LogP contribution in [0, 0.1) is 6.92 Å². The van der Waals surface area contributed by atoms with E-state index >= 15 is 0 Å². The third-order valence-corrected chi connectivity index (χ3v) is 4.02. The van der Waals surface area contributed by atoms with Crippen LogP contribution >= 0.6 is 0 Å². The molecule has 0 unspecified atom stereocenters. The van der Waals surface area contributed by atoms with E-state index in [4.69, 9.17) is 0 Å². The van der Waals surface area contributed by atoms with Gasteiger partial charge in [0.2, 0.25) is 0 Å². The minimum atomic E-state index is -0.0716. The third-order valence-electron chi connectivity index (χ3n) is 4.02. The molecule has 2 aromatic rings. The maximum absolute atomic E-state index is 12.4. The number of carbonyl (C=O) groups is 1. The lowest BCUT2D eigenvalue weighted by atomic mass is 10.1. The Morgan fingerprint density at radius 3 is 2.76 bits per heavy atom. The van der Waals surface area contributed by atoms with Crippen molar-refractivity contribution >= 4 is 11.8 Å². The quantitative estimate of drug-likeness (QED) is 0.786. The second-order valence-electron chi connectivity index (χ2n) is 5.47. The number of hydrogen-bond acceptors (Lipinski definition) is 5. The van der Waals surface area contributed by atoms with Gasteiger partial charge in [0.15, 0.2) is 0 Å². The molecule has 7 heteroatoms. The molecule has 21 heavy (non-hydrogen) atoms. The fourth-order valence-electron chi connectivity index (χ4n) is 2.82. The molecule has 0 radical (unpaired) electrons. The highest BCUT2D eigenvalue weighted by Gasteiger charge is 2.31. The van der Waals surface area contributed by atoms with Crippen LogP contribution in [0.15, 0.2) is 18.7 Å². The fourth-order valence-corrected chi connectivity index (χ4v) is 2.82. The molecule has 2 aliphatic rings. The summed E-state index contributed by atoms with van der Waals surface area (Å²) < 4.78 is 1.50. The molecule has 2 aromatic heterocycles. The van der Waals surface area contributed by atoms with Gasteiger partial charge in [-0.2, -0.15) is 0 Å². The van der Waals surface area contributed by atoms with Crippen molar-refractivity contribution in [3.05, 3.63) is 35.8 Å². The Morgan fingerprint density at radius 1 is 1.24 bits per heavy atom. The van der Waals surface area contributed by atoms with Gasteiger partial charge in [-0.05, 0) is 13.3 Å². The number of amides is 1. The molecule has 4 heterocycles. The predicted octanol–water partition coefficient (Wildman–Crippen LogP) is 1.18. The van der Waals surface area contributed by atoms with Gasteiger partial charge < -0.3 is 9.80 Å². The topological polar surface area (TPSA) is 67.2 Å². The first-order valence-corrected chi connectivity index (χ1v) is 7.11. The lowest BCUT2D eigenvalue weighted by Crippen LogP contribution is -2.38. The van der Waals surface area contributed by atoms with Gasteiger partial charge in [-0.25, -0.2) is 19.7 Å². The van der Waals surface area contributed by atoms with Gasteiger partial charge in [-0.1, -0.05) is 0 Å². The van der Waals surface area contributed by atoms with E-state index in [2.05, 4.69) is 19.9 Å². The molecule has 0 saturated carbocycles. The number of nitrogens with zero attached hydrogens (tertiary/aromatic N) is 6. The molecule has 2 aliphatic heterocycles. The van der Waals surface area contributed by atoms with Crippen LogP contribution < -0.4 is 4.90 Å². The normalized spacial score (nSPS) is 16.8. The largest absolute Gasteiger partial charge is 0.356 e. The molecule has 0 atom stereocenters. The summed E-state index contributed by atoms with van der Waals surface area (Å²) >= 11 is 0. The van der Waals surface area contributed by atoms with Gasteiger partial charge in [0.25, 0.3) is 0 Å². The standard InChI is InChI=1S/C14H16N6O/c1-10-16-12-8-20(14(21)19-6-3-15-9-19)7-11(12)13(17-10)18-4-2-5-18/h3,6,9H,2,4-5,7-8H2,1H3. The Morgan fingerprint density at radius 2 is 2.10 bits per heavy atom. The summed E-state index contributed by atoms with van der Waals surface area (Å²) in [6, 6.07) is -0.0716. The molecule has 7 nitrogen and oxygen atoms in total. The molecule has 0 N–H and O–H groups in total. The summed E-state index contributed by atoms with van der Waals surface area (Å²) in [4.78, 5) is 29.5. The molecule has 1 saturated heterocycles. The summed E-state index contributed by atoms with van der Waals surface area (Å²) in [7, 11) is 0. The van der Waals surface area contributed by atoms with E-state index in [-0.39, 0.29) is 6.03 Å². The van der Waals surface area contributed by atoms with E-state index in [0.29, 0.717) is 13.1 Å². The number of fused-ring (bicyclic) bond motifs is 1. The number of imidazole rings is 1. The zero-order chi connectivity index (χ0) is 14.4. The summed E-state index contributed by atoms with van der Waals surface area (Å²) in [5, 5.41) is 0. The van der Waals surface area contributed by atoms with Crippen LogP contribution in [-0.2, 0) is 13.1 Å². The Bertz CT molecular complexity index is 692. The third kappa shape index (κ3) is 1.96. The molecule has 4 rings (SSSR count). The monoisotopic (exact) mass is 284 g/mol. The summed E-state index contributed by atoms with van der Waals surface area (Å²) in [6.07, 6.45) is 6.00. The van der Waals surface area contributed by atoms with E-state index in [0.717, 1.165) is 36.0 Å². The summed E-state index contributed by atoms with van der Waals surface area (Å²) in [5.41, 5.74) is 2.06. The summed E-state index contributed by atoms with van der Waals surface area (Å²) in [6.45, 7) is 5.09. The van der Waals surface area contributed by atoms with Crippen LogP contribution in [0.2, 0.25) is 0 Å². The molecule has 108 valence electrons. The van der Waals surface area contributed by atoms with Gasteiger partial charge in [-0.3, -0.25) is 4.57 Å². The maximum atomic E-state index is 12.4. The second kappa shape index (κ2) is 4.54. The first-order chi connectivity index (χ1) is 10.2. The van der Waals surface area contributed by atoms with Gasteiger partial charge in [0.1, 0.15) is 18.0 Å². The lowest BCUT2D eigenvalue weighted by Gasteiger charge is -2.33. The smallest absolute Gasteiger partial charge is 0.330 e. The molecule has 0 aromatic carbocycles. The number of aromatic nitrogens is 4. The van der Waals surface area contributed by atoms with E-state index < -0.39 is 0 Å². The van der Waals surface area contributed by atoms with Gasteiger partial charge >= 0.3 is 6.03 Å². The van der Waals surface area contributed by atoms with Gasteiger partial charge in [-0.15, -0.1) is 0 Å². The summed E-state index contributed by atoms with van der Waals surface area (Å²) in [5.74, 6) is 1.78. The molecular weight excluding hydrogens is 268 g/mol. The Labute approximate surface area is 122 Å². The highest BCUT2D eigenvalue weighted by Crippen LogP contribution is 2.31. The minimum Gasteiger partial charge on any atom is -0.356 e. The van der Waals surface area contributed by atoms with Gasteiger partial charge in [0.05, 0.1) is 18.8 Å². The molecular formula is C14H16N6O. The van der Waals surface area contributed by atoms with Crippen LogP contribution in [-0.4, -0.2) is 43.5 Å². The molecule has 0 aliphatic carbocycles. The van der Waals surface area contributed by atoms with E-state index in [9.17, 15) is 4.79 Å². The van der Waals surface area contributed by atoms with E-state index in [1.54, 1.807) is 17.3 Å².